The third-order valence-electron chi connectivity index (χ3n) is 3.18. The van der Waals surface area contributed by atoms with Crippen molar-refractivity contribution in [2.24, 2.45) is 0 Å². The zero-order valence-electron chi connectivity index (χ0n) is 11.0. The summed E-state index contributed by atoms with van der Waals surface area (Å²) in [7, 11) is 0. The number of hydrogen-bond donors (Lipinski definition) is 2. The second-order valence-corrected chi connectivity index (χ2v) is 5.10. The fraction of sp³-hybridized carbons (Fsp3) is 0.267. The maximum absolute atomic E-state index is 5.86. The van der Waals surface area contributed by atoms with Gasteiger partial charge in [0, 0.05) is 23.8 Å². The largest absolute Gasteiger partial charge is 0.369 e. The Hall–Kier alpha value is -1.62. The Labute approximate surface area is 123 Å². The quantitative estimate of drug-likeness (QED) is 0.911. The van der Waals surface area contributed by atoms with Gasteiger partial charge in [-0.05, 0) is 36.4 Å². The Morgan fingerprint density at radius 1 is 1.15 bits per heavy atom. The molecule has 0 spiro atoms. The highest BCUT2D eigenvalue weighted by Gasteiger charge is 2.16. The van der Waals surface area contributed by atoms with Gasteiger partial charge in [-0.25, -0.2) is 0 Å². The standard InChI is InChI=1S/C15H16ClN3O/c16-11-1-3-12(4-2-11)19-13-5-6-14(18-9-13)15-10-17-7-8-20-15/h1-6,9,15,17,19H,7-8,10H2. The van der Waals surface area contributed by atoms with E-state index < -0.39 is 0 Å². The van der Waals surface area contributed by atoms with Gasteiger partial charge in [0.05, 0.1) is 24.2 Å². The van der Waals surface area contributed by atoms with Crippen molar-refractivity contribution < 1.29 is 4.74 Å². The van der Waals surface area contributed by atoms with Crippen LogP contribution in [0.5, 0.6) is 0 Å². The van der Waals surface area contributed by atoms with Crippen molar-refractivity contribution in [2.75, 3.05) is 25.0 Å². The summed E-state index contributed by atoms with van der Waals surface area (Å²) in [5.74, 6) is 0. The maximum atomic E-state index is 5.86. The molecule has 1 unspecified atom stereocenters. The van der Waals surface area contributed by atoms with Gasteiger partial charge >= 0.3 is 0 Å². The van der Waals surface area contributed by atoms with Crippen molar-refractivity contribution in [2.45, 2.75) is 6.10 Å². The van der Waals surface area contributed by atoms with Crippen molar-refractivity contribution in [1.82, 2.24) is 10.3 Å². The molecule has 1 aliphatic rings. The summed E-state index contributed by atoms with van der Waals surface area (Å²) in [4.78, 5) is 4.46. The van der Waals surface area contributed by atoms with E-state index >= 15 is 0 Å². The molecule has 2 N–H and O–H groups in total. The Morgan fingerprint density at radius 2 is 1.95 bits per heavy atom. The molecular weight excluding hydrogens is 274 g/mol. The van der Waals surface area contributed by atoms with Crippen molar-refractivity contribution in [3.8, 4) is 0 Å². The molecule has 20 heavy (non-hydrogen) atoms. The minimum absolute atomic E-state index is 0.0494. The molecule has 1 aliphatic heterocycles. The van der Waals surface area contributed by atoms with E-state index in [2.05, 4.69) is 15.6 Å². The number of nitrogens with zero attached hydrogens (tertiary/aromatic N) is 1. The minimum atomic E-state index is 0.0494. The maximum Gasteiger partial charge on any atom is 0.112 e. The van der Waals surface area contributed by atoms with Crippen LogP contribution in [0.3, 0.4) is 0 Å². The summed E-state index contributed by atoms with van der Waals surface area (Å²) in [5.41, 5.74) is 2.89. The van der Waals surface area contributed by atoms with Crippen LogP contribution in [0.15, 0.2) is 42.6 Å². The number of benzene rings is 1. The van der Waals surface area contributed by atoms with Crippen LogP contribution < -0.4 is 10.6 Å². The molecule has 3 rings (SSSR count). The zero-order chi connectivity index (χ0) is 13.8. The number of rotatable bonds is 3. The summed E-state index contributed by atoms with van der Waals surface area (Å²) < 4.78 is 5.68. The Balaban J connectivity index is 1.67. The van der Waals surface area contributed by atoms with E-state index in [1.807, 2.05) is 42.6 Å². The van der Waals surface area contributed by atoms with Crippen molar-refractivity contribution in [3.63, 3.8) is 0 Å². The summed E-state index contributed by atoms with van der Waals surface area (Å²) in [5, 5.41) is 7.31. The van der Waals surface area contributed by atoms with E-state index in [0.717, 1.165) is 41.8 Å². The average Bonchev–Trinajstić information content (AvgIpc) is 2.51. The summed E-state index contributed by atoms with van der Waals surface area (Å²) in [6.45, 7) is 2.46. The van der Waals surface area contributed by atoms with E-state index in [1.54, 1.807) is 0 Å². The minimum Gasteiger partial charge on any atom is -0.369 e. The van der Waals surface area contributed by atoms with Crippen molar-refractivity contribution in [1.29, 1.82) is 0 Å². The Kier molecular flexibility index (Phi) is 4.16. The molecule has 0 aliphatic carbocycles. The highest BCUT2D eigenvalue weighted by atomic mass is 35.5. The number of morpholine rings is 1. The first-order valence-electron chi connectivity index (χ1n) is 6.62. The smallest absolute Gasteiger partial charge is 0.112 e. The second kappa shape index (κ2) is 6.22. The second-order valence-electron chi connectivity index (χ2n) is 4.67. The number of halogens is 1. The molecule has 1 aromatic heterocycles. The van der Waals surface area contributed by atoms with Crippen molar-refractivity contribution in [3.05, 3.63) is 53.3 Å². The monoisotopic (exact) mass is 289 g/mol. The van der Waals surface area contributed by atoms with E-state index in [1.165, 1.54) is 0 Å². The number of anilines is 2. The Morgan fingerprint density at radius 3 is 2.60 bits per heavy atom. The van der Waals surface area contributed by atoms with Crippen LogP contribution in [-0.4, -0.2) is 24.7 Å². The van der Waals surface area contributed by atoms with Crippen LogP contribution in [0, 0.1) is 0 Å². The Bertz CT molecular complexity index is 550. The first-order chi connectivity index (χ1) is 9.81. The van der Waals surface area contributed by atoms with Crippen LogP contribution in [-0.2, 0) is 4.74 Å². The van der Waals surface area contributed by atoms with Gasteiger partial charge in [0.1, 0.15) is 6.10 Å². The topological polar surface area (TPSA) is 46.2 Å². The zero-order valence-corrected chi connectivity index (χ0v) is 11.7. The summed E-state index contributed by atoms with van der Waals surface area (Å²) >= 11 is 5.86. The fourth-order valence-electron chi connectivity index (χ4n) is 2.12. The van der Waals surface area contributed by atoms with Gasteiger partial charge in [0.25, 0.3) is 0 Å². The molecule has 0 bridgehead atoms. The molecule has 1 fully saturated rings. The van der Waals surface area contributed by atoms with Gasteiger partial charge in [0.2, 0.25) is 0 Å². The molecule has 1 aromatic carbocycles. The van der Waals surface area contributed by atoms with Crippen molar-refractivity contribution >= 4 is 23.0 Å². The molecule has 0 amide bonds. The highest BCUT2D eigenvalue weighted by Crippen LogP contribution is 2.21. The molecule has 4 nitrogen and oxygen atoms in total. The summed E-state index contributed by atoms with van der Waals surface area (Å²) in [6, 6.07) is 11.6. The predicted molar refractivity (Wildman–Crippen MR) is 80.5 cm³/mol. The first kappa shape index (κ1) is 13.4. The van der Waals surface area contributed by atoms with E-state index in [0.29, 0.717) is 0 Å². The first-order valence-corrected chi connectivity index (χ1v) is 7.00. The SMILES string of the molecule is Clc1ccc(Nc2ccc(C3CNCCO3)nc2)cc1. The third-order valence-corrected chi connectivity index (χ3v) is 3.43. The van der Waals surface area contributed by atoms with E-state index in [4.69, 9.17) is 16.3 Å². The molecule has 104 valence electrons. The number of hydrogen-bond acceptors (Lipinski definition) is 4. The van der Waals surface area contributed by atoms with Gasteiger partial charge in [0.15, 0.2) is 0 Å². The van der Waals surface area contributed by atoms with Crippen LogP contribution in [0.2, 0.25) is 5.02 Å². The number of pyridine rings is 1. The van der Waals surface area contributed by atoms with Crippen LogP contribution in [0.25, 0.3) is 0 Å². The van der Waals surface area contributed by atoms with Gasteiger partial charge in [-0.3, -0.25) is 4.98 Å². The number of nitrogens with one attached hydrogen (secondary N) is 2. The van der Waals surface area contributed by atoms with E-state index in [-0.39, 0.29) is 6.10 Å². The molecule has 0 radical (unpaired) electrons. The predicted octanol–water partition coefficient (Wildman–Crippen LogP) is 3.14. The van der Waals surface area contributed by atoms with Gasteiger partial charge in [-0.15, -0.1) is 0 Å². The fourth-order valence-corrected chi connectivity index (χ4v) is 2.25. The lowest BCUT2D eigenvalue weighted by atomic mass is 10.2. The molecule has 2 heterocycles. The lowest BCUT2D eigenvalue weighted by Gasteiger charge is -2.23. The number of ether oxygens (including phenoxy) is 1. The third kappa shape index (κ3) is 3.28. The normalized spacial score (nSPS) is 18.8. The number of aromatic nitrogens is 1. The van der Waals surface area contributed by atoms with Crippen LogP contribution in [0.4, 0.5) is 11.4 Å². The summed E-state index contributed by atoms with van der Waals surface area (Å²) in [6.07, 6.45) is 1.87. The highest BCUT2D eigenvalue weighted by molar-refractivity contribution is 6.30. The van der Waals surface area contributed by atoms with Gasteiger partial charge < -0.3 is 15.4 Å². The molecule has 0 saturated carbocycles. The van der Waals surface area contributed by atoms with Crippen LogP contribution >= 0.6 is 11.6 Å². The molecule has 1 saturated heterocycles. The lowest BCUT2D eigenvalue weighted by molar-refractivity contribution is 0.0250. The van der Waals surface area contributed by atoms with Gasteiger partial charge in [-0.1, -0.05) is 11.6 Å². The van der Waals surface area contributed by atoms with Crippen LogP contribution in [0.1, 0.15) is 11.8 Å². The molecule has 2 aromatic rings. The lowest BCUT2D eigenvalue weighted by Crippen LogP contribution is -2.33. The van der Waals surface area contributed by atoms with E-state index in [9.17, 15) is 0 Å². The molecule has 5 heteroatoms. The molecule has 1 atom stereocenters. The van der Waals surface area contributed by atoms with Gasteiger partial charge in [-0.2, -0.15) is 0 Å². The average molecular weight is 290 g/mol. The molecular formula is C15H16ClN3O.